The summed E-state index contributed by atoms with van der Waals surface area (Å²) in [7, 11) is 1.68. The first-order chi connectivity index (χ1) is 15.2. The summed E-state index contributed by atoms with van der Waals surface area (Å²) in [4.78, 5) is 19.4. The van der Waals surface area contributed by atoms with Gasteiger partial charge in [-0.25, -0.2) is 9.97 Å². The number of benzene rings is 2. The highest BCUT2D eigenvalue weighted by Crippen LogP contribution is 2.24. The van der Waals surface area contributed by atoms with Gasteiger partial charge in [0.2, 0.25) is 5.95 Å². The van der Waals surface area contributed by atoms with Gasteiger partial charge in [-0.15, -0.1) is 0 Å². The van der Waals surface area contributed by atoms with E-state index in [0.717, 1.165) is 51.1 Å². The molecule has 3 heterocycles. The minimum absolute atomic E-state index is 0.255. The number of nitrogens with two attached hydrogens (primary N) is 1. The lowest BCUT2D eigenvalue weighted by Crippen LogP contribution is -2.11. The molecule has 8 heteroatoms. The van der Waals surface area contributed by atoms with Crippen LogP contribution in [0.25, 0.3) is 21.9 Å². The van der Waals surface area contributed by atoms with E-state index < -0.39 is 0 Å². The lowest BCUT2D eigenvalue weighted by molar-refractivity contribution is 0.415. The van der Waals surface area contributed by atoms with Crippen LogP contribution in [-0.2, 0) is 12.8 Å². The maximum atomic E-state index is 5.86. The molecule has 0 aliphatic heterocycles. The highest BCUT2D eigenvalue weighted by Gasteiger charge is 2.10. The second kappa shape index (κ2) is 7.98. The van der Waals surface area contributed by atoms with Crippen molar-refractivity contribution in [3.63, 3.8) is 0 Å². The number of nitrogen functional groups attached to an aromatic ring is 1. The largest absolute Gasteiger partial charge is 0.497 e. The van der Waals surface area contributed by atoms with Gasteiger partial charge in [-0.3, -0.25) is 0 Å². The van der Waals surface area contributed by atoms with E-state index >= 15 is 0 Å². The molecule has 31 heavy (non-hydrogen) atoms. The monoisotopic (exact) mass is 413 g/mol. The molecule has 0 fully saturated rings. The third-order valence-electron chi connectivity index (χ3n) is 5.42. The minimum Gasteiger partial charge on any atom is -0.497 e. The molecule has 5 rings (SSSR count). The first kappa shape index (κ1) is 18.9. The Labute approximate surface area is 178 Å². The number of aromatic amines is 2. The third kappa shape index (κ3) is 3.87. The van der Waals surface area contributed by atoms with Gasteiger partial charge < -0.3 is 25.8 Å². The Morgan fingerprint density at radius 3 is 2.84 bits per heavy atom. The predicted molar refractivity (Wildman–Crippen MR) is 122 cm³/mol. The highest BCUT2D eigenvalue weighted by molar-refractivity contribution is 5.84. The maximum absolute atomic E-state index is 5.86. The summed E-state index contributed by atoms with van der Waals surface area (Å²) in [5.41, 5.74) is 12.3. The van der Waals surface area contributed by atoms with Crippen molar-refractivity contribution in [2.75, 3.05) is 24.7 Å². The number of imidazole rings is 1. The van der Waals surface area contributed by atoms with Crippen LogP contribution in [0.3, 0.4) is 0 Å². The van der Waals surface area contributed by atoms with Crippen LogP contribution in [0.2, 0.25) is 0 Å². The molecule has 0 saturated heterocycles. The SMILES string of the molecule is COc1ccc2[nH]cc(CCNc3nc(N)ncc3Cc3ccc4[nH]cnc4c3)c2c1. The molecule has 0 saturated carbocycles. The van der Waals surface area contributed by atoms with Crippen LogP contribution < -0.4 is 15.8 Å². The van der Waals surface area contributed by atoms with E-state index in [9.17, 15) is 0 Å². The molecular weight excluding hydrogens is 390 g/mol. The van der Waals surface area contributed by atoms with Gasteiger partial charge in [-0.1, -0.05) is 6.07 Å². The van der Waals surface area contributed by atoms with E-state index in [4.69, 9.17) is 10.5 Å². The smallest absolute Gasteiger partial charge is 0.221 e. The number of ether oxygens (including phenoxy) is 1. The summed E-state index contributed by atoms with van der Waals surface area (Å²) in [6.07, 6.45) is 7.05. The molecule has 0 aliphatic rings. The second-order valence-electron chi connectivity index (χ2n) is 7.44. The van der Waals surface area contributed by atoms with Crippen molar-refractivity contribution < 1.29 is 4.74 Å². The summed E-state index contributed by atoms with van der Waals surface area (Å²) in [5, 5.41) is 4.60. The van der Waals surface area contributed by atoms with Gasteiger partial charge in [-0.2, -0.15) is 4.98 Å². The molecule has 2 aromatic carbocycles. The van der Waals surface area contributed by atoms with Crippen molar-refractivity contribution in [2.45, 2.75) is 12.8 Å². The molecule has 8 nitrogen and oxygen atoms in total. The number of H-pyrrole nitrogens is 2. The minimum atomic E-state index is 0.255. The van der Waals surface area contributed by atoms with Crippen LogP contribution >= 0.6 is 0 Å². The zero-order valence-corrected chi connectivity index (χ0v) is 17.1. The van der Waals surface area contributed by atoms with Gasteiger partial charge in [0, 0.05) is 41.8 Å². The molecule has 0 radical (unpaired) electrons. The van der Waals surface area contributed by atoms with Crippen molar-refractivity contribution in [1.82, 2.24) is 24.9 Å². The predicted octanol–water partition coefficient (Wildman–Crippen LogP) is 3.67. The van der Waals surface area contributed by atoms with Crippen LogP contribution in [0.5, 0.6) is 5.75 Å². The van der Waals surface area contributed by atoms with Gasteiger partial charge in [-0.05, 0) is 47.9 Å². The molecule has 0 unspecified atom stereocenters. The number of methoxy groups -OCH3 is 1. The van der Waals surface area contributed by atoms with Crippen molar-refractivity contribution in [3.8, 4) is 5.75 Å². The molecular formula is C23H23N7O. The number of nitrogens with one attached hydrogen (secondary N) is 3. The average molecular weight is 413 g/mol. The Bertz CT molecular complexity index is 1350. The summed E-state index contributed by atoms with van der Waals surface area (Å²) < 4.78 is 5.36. The Kier molecular flexibility index (Phi) is 4.87. The quantitative estimate of drug-likeness (QED) is 0.323. The standard InChI is InChI=1S/C23H23N7O/c1-31-17-3-5-19-18(10-17)15(11-26-19)6-7-25-22-16(12-27-23(24)30-22)8-14-2-4-20-21(9-14)29-13-28-20/h2-5,9-13,26H,6-8H2,1H3,(H,28,29)(H3,24,25,27,30). The summed E-state index contributed by atoms with van der Waals surface area (Å²) >= 11 is 0. The van der Waals surface area contributed by atoms with E-state index in [0.29, 0.717) is 13.0 Å². The number of hydrogen-bond acceptors (Lipinski definition) is 6. The lowest BCUT2D eigenvalue weighted by atomic mass is 10.1. The normalized spacial score (nSPS) is 11.3. The zero-order chi connectivity index (χ0) is 21.2. The fourth-order valence-electron chi connectivity index (χ4n) is 3.82. The van der Waals surface area contributed by atoms with Gasteiger partial charge in [0.15, 0.2) is 0 Å². The van der Waals surface area contributed by atoms with Gasteiger partial charge in [0.05, 0.1) is 24.5 Å². The van der Waals surface area contributed by atoms with Crippen molar-refractivity contribution in [3.05, 3.63) is 71.8 Å². The van der Waals surface area contributed by atoms with E-state index in [1.165, 1.54) is 5.56 Å². The highest BCUT2D eigenvalue weighted by atomic mass is 16.5. The van der Waals surface area contributed by atoms with Crippen molar-refractivity contribution in [2.24, 2.45) is 0 Å². The summed E-state index contributed by atoms with van der Waals surface area (Å²) in [6.45, 7) is 0.714. The van der Waals surface area contributed by atoms with Crippen molar-refractivity contribution >= 4 is 33.7 Å². The molecule has 0 spiro atoms. The average Bonchev–Trinajstić information content (AvgIpc) is 3.41. The van der Waals surface area contributed by atoms with E-state index in [2.05, 4.69) is 48.4 Å². The first-order valence-electron chi connectivity index (χ1n) is 10.1. The van der Waals surface area contributed by atoms with Crippen molar-refractivity contribution in [1.29, 1.82) is 0 Å². The zero-order valence-electron chi connectivity index (χ0n) is 17.1. The number of fused-ring (bicyclic) bond motifs is 2. The Balaban J connectivity index is 1.33. The Hall–Kier alpha value is -4.07. The molecule has 5 N–H and O–H groups in total. The van der Waals surface area contributed by atoms with Crippen LogP contribution in [0.4, 0.5) is 11.8 Å². The lowest BCUT2D eigenvalue weighted by Gasteiger charge is -2.11. The first-order valence-corrected chi connectivity index (χ1v) is 10.1. The molecule has 0 atom stereocenters. The fraction of sp³-hybridized carbons (Fsp3) is 0.174. The Morgan fingerprint density at radius 1 is 1.03 bits per heavy atom. The number of rotatable bonds is 7. The summed E-state index contributed by atoms with van der Waals surface area (Å²) in [6, 6.07) is 12.2. The topological polar surface area (TPSA) is 118 Å². The van der Waals surface area contributed by atoms with Gasteiger partial charge >= 0.3 is 0 Å². The fourth-order valence-corrected chi connectivity index (χ4v) is 3.82. The van der Waals surface area contributed by atoms with Crippen LogP contribution in [0.1, 0.15) is 16.7 Å². The van der Waals surface area contributed by atoms with Crippen LogP contribution in [0, 0.1) is 0 Å². The third-order valence-corrected chi connectivity index (χ3v) is 5.42. The number of anilines is 2. The Morgan fingerprint density at radius 2 is 1.94 bits per heavy atom. The number of hydrogen-bond donors (Lipinski definition) is 4. The van der Waals surface area contributed by atoms with Gasteiger partial charge in [0.1, 0.15) is 11.6 Å². The number of nitrogens with zero attached hydrogens (tertiary/aromatic N) is 3. The van der Waals surface area contributed by atoms with E-state index in [-0.39, 0.29) is 5.95 Å². The molecule has 156 valence electrons. The molecule has 0 bridgehead atoms. The summed E-state index contributed by atoms with van der Waals surface area (Å²) in [5.74, 6) is 1.86. The molecule has 0 amide bonds. The molecule has 0 aliphatic carbocycles. The molecule has 5 aromatic rings. The molecule has 3 aromatic heterocycles. The van der Waals surface area contributed by atoms with Crippen LogP contribution in [-0.4, -0.2) is 38.6 Å². The second-order valence-corrected chi connectivity index (χ2v) is 7.44. The van der Waals surface area contributed by atoms with E-state index in [1.807, 2.05) is 24.4 Å². The number of aromatic nitrogens is 5. The maximum Gasteiger partial charge on any atom is 0.221 e. The van der Waals surface area contributed by atoms with E-state index in [1.54, 1.807) is 19.6 Å². The van der Waals surface area contributed by atoms with Crippen LogP contribution in [0.15, 0.2) is 55.1 Å². The van der Waals surface area contributed by atoms with Gasteiger partial charge in [0.25, 0.3) is 0 Å².